The van der Waals surface area contributed by atoms with E-state index in [1.807, 2.05) is 6.07 Å². The first-order valence-corrected chi connectivity index (χ1v) is 6.91. The molecule has 1 fully saturated rings. The Bertz CT molecular complexity index is 407. The number of hydrogen-bond acceptors (Lipinski definition) is 2. The summed E-state index contributed by atoms with van der Waals surface area (Å²) in [5, 5.41) is 3.58. The van der Waals surface area contributed by atoms with Crippen LogP contribution in [-0.2, 0) is 0 Å². The van der Waals surface area contributed by atoms with Gasteiger partial charge < -0.3 is 10.1 Å². The van der Waals surface area contributed by atoms with Crippen LogP contribution in [0.5, 0.6) is 5.75 Å². The van der Waals surface area contributed by atoms with Crippen LogP contribution in [0.1, 0.15) is 44.7 Å². The predicted molar refractivity (Wildman–Crippen MR) is 71.4 cm³/mol. The lowest BCUT2D eigenvalue weighted by Crippen LogP contribution is -2.32. The van der Waals surface area contributed by atoms with Crippen molar-refractivity contribution in [1.29, 1.82) is 0 Å². The van der Waals surface area contributed by atoms with E-state index in [0.717, 1.165) is 17.9 Å². The van der Waals surface area contributed by atoms with Gasteiger partial charge in [0, 0.05) is 12.1 Å². The van der Waals surface area contributed by atoms with Gasteiger partial charge in [-0.3, -0.25) is 0 Å². The van der Waals surface area contributed by atoms with Gasteiger partial charge in [0.2, 0.25) is 0 Å². The Morgan fingerprint density at radius 1 is 1.37 bits per heavy atom. The molecule has 0 radical (unpaired) electrons. The third-order valence-electron chi connectivity index (χ3n) is 3.68. The van der Waals surface area contributed by atoms with E-state index in [-0.39, 0.29) is 11.8 Å². The molecule has 1 aliphatic rings. The predicted octanol–water partition coefficient (Wildman–Crippen LogP) is 4.13. The fraction of sp³-hybridized carbons (Fsp3) is 0.600. The normalized spacial score (nSPS) is 18.4. The van der Waals surface area contributed by atoms with E-state index < -0.39 is 6.61 Å². The van der Waals surface area contributed by atoms with E-state index in [1.54, 1.807) is 18.2 Å². The zero-order chi connectivity index (χ0) is 13.8. The number of hydrogen-bond donors (Lipinski definition) is 1. The Morgan fingerprint density at radius 3 is 2.68 bits per heavy atom. The van der Waals surface area contributed by atoms with Crippen molar-refractivity contribution in [3.63, 3.8) is 0 Å². The van der Waals surface area contributed by atoms with Crippen LogP contribution in [0.25, 0.3) is 0 Å². The van der Waals surface area contributed by atoms with Crippen molar-refractivity contribution in [1.82, 2.24) is 5.32 Å². The Morgan fingerprint density at radius 2 is 2.11 bits per heavy atom. The van der Waals surface area contributed by atoms with Crippen LogP contribution in [-0.4, -0.2) is 12.7 Å². The van der Waals surface area contributed by atoms with Gasteiger partial charge in [0.05, 0.1) is 0 Å². The van der Waals surface area contributed by atoms with E-state index in [2.05, 4.69) is 23.9 Å². The number of rotatable bonds is 7. The Hall–Kier alpha value is -1.16. The molecule has 2 atom stereocenters. The average Bonchev–Trinajstić information content (AvgIpc) is 3.19. The first kappa shape index (κ1) is 14.3. The van der Waals surface area contributed by atoms with Crippen molar-refractivity contribution in [2.24, 2.45) is 5.92 Å². The molecule has 0 aliphatic heterocycles. The Kier molecular flexibility index (Phi) is 4.75. The number of halogens is 2. The third kappa shape index (κ3) is 4.16. The molecular formula is C15H21F2NO. The molecule has 19 heavy (non-hydrogen) atoms. The van der Waals surface area contributed by atoms with Gasteiger partial charge in [-0.15, -0.1) is 0 Å². The second-order valence-corrected chi connectivity index (χ2v) is 5.19. The van der Waals surface area contributed by atoms with E-state index in [4.69, 9.17) is 0 Å². The van der Waals surface area contributed by atoms with Crippen LogP contribution < -0.4 is 10.1 Å². The molecule has 2 unspecified atom stereocenters. The van der Waals surface area contributed by atoms with Crippen molar-refractivity contribution < 1.29 is 13.5 Å². The minimum Gasteiger partial charge on any atom is -0.435 e. The quantitative estimate of drug-likeness (QED) is 0.803. The standard InChI is InChI=1S/C15H21F2NO/c1-3-14(11-7-8-11)18-10(2)12-5-4-6-13(9-12)19-15(16)17/h4-6,9-11,14-15,18H,3,7-8H2,1-2H3. The van der Waals surface area contributed by atoms with E-state index >= 15 is 0 Å². The molecule has 4 heteroatoms. The van der Waals surface area contributed by atoms with Gasteiger partial charge in [-0.25, -0.2) is 0 Å². The molecule has 1 aromatic rings. The van der Waals surface area contributed by atoms with Gasteiger partial charge in [0.25, 0.3) is 0 Å². The molecule has 0 heterocycles. The topological polar surface area (TPSA) is 21.3 Å². The minimum atomic E-state index is -2.77. The van der Waals surface area contributed by atoms with Crippen LogP contribution in [0.2, 0.25) is 0 Å². The highest BCUT2D eigenvalue weighted by atomic mass is 19.3. The van der Waals surface area contributed by atoms with Crippen molar-refractivity contribution in [3.8, 4) is 5.75 Å². The van der Waals surface area contributed by atoms with Crippen LogP contribution in [0.15, 0.2) is 24.3 Å². The molecule has 0 amide bonds. The van der Waals surface area contributed by atoms with Gasteiger partial charge in [0.1, 0.15) is 5.75 Å². The fourth-order valence-electron chi connectivity index (χ4n) is 2.46. The fourth-order valence-corrected chi connectivity index (χ4v) is 2.46. The van der Waals surface area contributed by atoms with Crippen molar-refractivity contribution in [2.75, 3.05) is 0 Å². The van der Waals surface area contributed by atoms with Crippen LogP contribution in [0.3, 0.4) is 0 Å². The van der Waals surface area contributed by atoms with Gasteiger partial charge >= 0.3 is 6.61 Å². The van der Waals surface area contributed by atoms with E-state index in [0.29, 0.717) is 6.04 Å². The highest BCUT2D eigenvalue weighted by Crippen LogP contribution is 2.35. The van der Waals surface area contributed by atoms with Crippen LogP contribution in [0, 0.1) is 5.92 Å². The van der Waals surface area contributed by atoms with Crippen molar-refractivity contribution in [2.45, 2.75) is 51.8 Å². The number of ether oxygens (including phenoxy) is 1. The van der Waals surface area contributed by atoms with E-state index in [1.165, 1.54) is 12.8 Å². The van der Waals surface area contributed by atoms with Crippen molar-refractivity contribution >= 4 is 0 Å². The molecule has 106 valence electrons. The molecule has 1 N–H and O–H groups in total. The molecule has 1 saturated carbocycles. The molecular weight excluding hydrogens is 248 g/mol. The monoisotopic (exact) mass is 269 g/mol. The highest BCUT2D eigenvalue weighted by molar-refractivity contribution is 5.30. The maximum absolute atomic E-state index is 12.2. The lowest BCUT2D eigenvalue weighted by molar-refractivity contribution is -0.0499. The molecule has 0 aromatic heterocycles. The lowest BCUT2D eigenvalue weighted by Gasteiger charge is -2.22. The first-order chi connectivity index (χ1) is 9.10. The largest absolute Gasteiger partial charge is 0.435 e. The summed E-state index contributed by atoms with van der Waals surface area (Å²) < 4.78 is 28.8. The van der Waals surface area contributed by atoms with Crippen molar-refractivity contribution in [3.05, 3.63) is 29.8 Å². The summed E-state index contributed by atoms with van der Waals surface area (Å²) in [5.74, 6) is 1.01. The maximum Gasteiger partial charge on any atom is 0.387 e. The molecule has 2 nitrogen and oxygen atoms in total. The number of nitrogens with one attached hydrogen (secondary N) is 1. The number of alkyl halides is 2. The summed E-state index contributed by atoms with van der Waals surface area (Å²) in [6.07, 6.45) is 3.70. The third-order valence-corrected chi connectivity index (χ3v) is 3.68. The molecule has 1 aliphatic carbocycles. The summed E-state index contributed by atoms with van der Waals surface area (Å²) in [4.78, 5) is 0. The summed E-state index contributed by atoms with van der Waals surface area (Å²) in [5.41, 5.74) is 0.984. The van der Waals surface area contributed by atoms with Crippen LogP contribution >= 0.6 is 0 Å². The van der Waals surface area contributed by atoms with E-state index in [9.17, 15) is 8.78 Å². The summed E-state index contributed by atoms with van der Waals surface area (Å²) in [6.45, 7) is 1.47. The molecule has 0 spiro atoms. The minimum absolute atomic E-state index is 0.145. The highest BCUT2D eigenvalue weighted by Gasteiger charge is 2.30. The van der Waals surface area contributed by atoms with Gasteiger partial charge in [-0.1, -0.05) is 19.1 Å². The second kappa shape index (κ2) is 6.33. The summed E-state index contributed by atoms with van der Waals surface area (Å²) >= 11 is 0. The zero-order valence-electron chi connectivity index (χ0n) is 11.4. The molecule has 0 saturated heterocycles. The summed E-state index contributed by atoms with van der Waals surface area (Å²) in [6, 6.07) is 7.60. The molecule has 1 aromatic carbocycles. The number of benzene rings is 1. The Balaban J connectivity index is 1.99. The zero-order valence-corrected chi connectivity index (χ0v) is 11.4. The summed E-state index contributed by atoms with van der Waals surface area (Å²) in [7, 11) is 0. The molecule has 2 rings (SSSR count). The smallest absolute Gasteiger partial charge is 0.387 e. The van der Waals surface area contributed by atoms with Gasteiger partial charge in [0.15, 0.2) is 0 Å². The van der Waals surface area contributed by atoms with Gasteiger partial charge in [-0.05, 0) is 49.8 Å². The van der Waals surface area contributed by atoms with Crippen LogP contribution in [0.4, 0.5) is 8.78 Å². The first-order valence-electron chi connectivity index (χ1n) is 6.91. The van der Waals surface area contributed by atoms with Gasteiger partial charge in [-0.2, -0.15) is 8.78 Å². The SMILES string of the molecule is CCC(NC(C)c1cccc(OC(F)F)c1)C1CC1. The average molecular weight is 269 g/mol. The maximum atomic E-state index is 12.2. The second-order valence-electron chi connectivity index (χ2n) is 5.19. The lowest BCUT2D eigenvalue weighted by atomic mass is 10.0. The Labute approximate surface area is 113 Å². The molecule has 0 bridgehead atoms.